The van der Waals surface area contributed by atoms with Crippen LogP contribution in [-0.4, -0.2) is 42.1 Å². The third-order valence-corrected chi connectivity index (χ3v) is 5.11. The average Bonchev–Trinajstić information content (AvgIpc) is 3.26. The summed E-state index contributed by atoms with van der Waals surface area (Å²) in [5.74, 6) is -0.0131. The fourth-order valence-electron chi connectivity index (χ4n) is 3.43. The molecule has 3 rings (SSSR count). The van der Waals surface area contributed by atoms with Crippen molar-refractivity contribution >= 4 is 17.6 Å². The molecule has 1 aromatic heterocycles. The molecule has 0 unspecified atom stereocenters. The van der Waals surface area contributed by atoms with Gasteiger partial charge in [-0.05, 0) is 62.5 Å². The number of pyridine rings is 1. The maximum atomic E-state index is 11.9. The van der Waals surface area contributed by atoms with Gasteiger partial charge in [-0.2, -0.15) is 0 Å². The fourth-order valence-corrected chi connectivity index (χ4v) is 3.43. The smallest absolute Gasteiger partial charge is 0.330 e. The summed E-state index contributed by atoms with van der Waals surface area (Å²) in [5.41, 5.74) is 5.18. The lowest BCUT2D eigenvalue weighted by molar-refractivity contribution is -0.138. The van der Waals surface area contributed by atoms with Crippen LogP contribution in [0.4, 0.5) is 0 Å². The quantitative estimate of drug-likeness (QED) is 0.452. The SMILES string of the molecule is Cc1ccc(/C(=C/CN2CCCC2)c2cccc(/C=C/C(=O)OCC(C)C)n2)cc1. The van der Waals surface area contributed by atoms with Crippen molar-refractivity contribution < 1.29 is 9.53 Å². The van der Waals surface area contributed by atoms with Crippen LogP contribution in [0.3, 0.4) is 0 Å². The highest BCUT2D eigenvalue weighted by atomic mass is 16.5. The molecule has 1 aliphatic rings. The fraction of sp³-hybridized carbons (Fsp3) is 0.385. The first-order valence-corrected chi connectivity index (χ1v) is 10.8. The molecule has 0 saturated carbocycles. The molecule has 30 heavy (non-hydrogen) atoms. The molecule has 1 saturated heterocycles. The number of ether oxygens (including phenoxy) is 1. The van der Waals surface area contributed by atoms with Crippen LogP contribution in [0.2, 0.25) is 0 Å². The van der Waals surface area contributed by atoms with Crippen LogP contribution in [0, 0.1) is 12.8 Å². The first-order chi connectivity index (χ1) is 14.5. The summed E-state index contributed by atoms with van der Waals surface area (Å²) in [4.78, 5) is 19.2. The predicted octanol–water partition coefficient (Wildman–Crippen LogP) is 5.13. The van der Waals surface area contributed by atoms with Gasteiger partial charge < -0.3 is 4.74 Å². The summed E-state index contributed by atoms with van der Waals surface area (Å²) in [6, 6.07) is 14.5. The monoisotopic (exact) mass is 404 g/mol. The number of carbonyl (C=O) groups is 1. The minimum atomic E-state index is -0.334. The first kappa shape index (κ1) is 22.0. The van der Waals surface area contributed by atoms with Gasteiger partial charge in [0.05, 0.1) is 18.0 Å². The minimum absolute atomic E-state index is 0.321. The third kappa shape index (κ3) is 6.67. The van der Waals surface area contributed by atoms with E-state index in [0.29, 0.717) is 12.5 Å². The summed E-state index contributed by atoms with van der Waals surface area (Å²) in [6.45, 7) is 9.80. The van der Waals surface area contributed by atoms with E-state index in [9.17, 15) is 4.79 Å². The van der Waals surface area contributed by atoms with Crippen LogP contribution in [0.5, 0.6) is 0 Å². The van der Waals surface area contributed by atoms with Crippen LogP contribution in [0.1, 0.15) is 49.2 Å². The zero-order valence-corrected chi connectivity index (χ0v) is 18.3. The Bertz CT molecular complexity index is 892. The molecule has 0 bridgehead atoms. The summed E-state index contributed by atoms with van der Waals surface area (Å²) in [7, 11) is 0. The van der Waals surface area contributed by atoms with Gasteiger partial charge in [-0.15, -0.1) is 0 Å². The second kappa shape index (κ2) is 10.9. The Morgan fingerprint density at radius 1 is 1.13 bits per heavy atom. The van der Waals surface area contributed by atoms with E-state index in [-0.39, 0.29) is 5.97 Å². The molecule has 1 aliphatic heterocycles. The van der Waals surface area contributed by atoms with Gasteiger partial charge in [0, 0.05) is 18.2 Å². The van der Waals surface area contributed by atoms with Gasteiger partial charge in [0.2, 0.25) is 0 Å². The summed E-state index contributed by atoms with van der Waals surface area (Å²) < 4.78 is 5.21. The second-order valence-electron chi connectivity index (χ2n) is 8.30. The minimum Gasteiger partial charge on any atom is -0.462 e. The number of likely N-dealkylation sites (tertiary alicyclic amines) is 1. The van der Waals surface area contributed by atoms with Crippen LogP contribution in [-0.2, 0) is 9.53 Å². The topological polar surface area (TPSA) is 42.4 Å². The molecule has 2 heterocycles. The van der Waals surface area contributed by atoms with Gasteiger partial charge in [0.15, 0.2) is 0 Å². The van der Waals surface area contributed by atoms with Crippen molar-refractivity contribution in [3.8, 4) is 0 Å². The van der Waals surface area contributed by atoms with Crippen molar-refractivity contribution in [3.05, 3.63) is 77.1 Å². The number of benzene rings is 1. The molecule has 1 fully saturated rings. The van der Waals surface area contributed by atoms with Crippen LogP contribution < -0.4 is 0 Å². The van der Waals surface area contributed by atoms with E-state index in [2.05, 4.69) is 42.2 Å². The van der Waals surface area contributed by atoms with Gasteiger partial charge in [0.1, 0.15) is 0 Å². The Morgan fingerprint density at radius 2 is 1.87 bits per heavy atom. The van der Waals surface area contributed by atoms with E-state index in [1.54, 1.807) is 6.08 Å². The van der Waals surface area contributed by atoms with Crippen molar-refractivity contribution in [1.82, 2.24) is 9.88 Å². The lowest BCUT2D eigenvalue weighted by Crippen LogP contribution is -2.19. The van der Waals surface area contributed by atoms with E-state index in [0.717, 1.165) is 42.2 Å². The number of aryl methyl sites for hydroxylation is 1. The molecule has 0 amide bonds. The van der Waals surface area contributed by atoms with Crippen molar-refractivity contribution in [3.63, 3.8) is 0 Å². The number of carbonyl (C=O) groups excluding carboxylic acids is 1. The number of hydrogen-bond acceptors (Lipinski definition) is 4. The van der Waals surface area contributed by atoms with Gasteiger partial charge in [-0.25, -0.2) is 9.78 Å². The van der Waals surface area contributed by atoms with Crippen LogP contribution in [0.15, 0.2) is 54.6 Å². The van der Waals surface area contributed by atoms with Crippen LogP contribution >= 0.6 is 0 Å². The molecule has 0 radical (unpaired) electrons. The highest BCUT2D eigenvalue weighted by molar-refractivity contribution is 5.87. The Kier molecular flexibility index (Phi) is 7.97. The highest BCUT2D eigenvalue weighted by Gasteiger charge is 2.12. The average molecular weight is 405 g/mol. The molecule has 1 aromatic carbocycles. The van der Waals surface area contributed by atoms with Gasteiger partial charge in [0.25, 0.3) is 0 Å². The molecule has 4 nitrogen and oxygen atoms in total. The van der Waals surface area contributed by atoms with E-state index in [1.807, 2.05) is 32.0 Å². The molecule has 0 atom stereocenters. The van der Waals surface area contributed by atoms with Crippen molar-refractivity contribution in [2.24, 2.45) is 5.92 Å². The Hall–Kier alpha value is -2.72. The number of esters is 1. The summed E-state index contributed by atoms with van der Waals surface area (Å²) in [5, 5.41) is 0. The molecule has 158 valence electrons. The normalized spacial score (nSPS) is 15.3. The molecular weight excluding hydrogens is 372 g/mol. The number of nitrogens with zero attached hydrogens (tertiary/aromatic N) is 2. The second-order valence-corrected chi connectivity index (χ2v) is 8.30. The molecule has 0 spiro atoms. The number of rotatable bonds is 8. The Morgan fingerprint density at radius 3 is 2.57 bits per heavy atom. The maximum Gasteiger partial charge on any atom is 0.330 e. The molecule has 4 heteroatoms. The summed E-state index contributed by atoms with van der Waals surface area (Å²) >= 11 is 0. The third-order valence-electron chi connectivity index (χ3n) is 5.11. The van der Waals surface area contributed by atoms with E-state index >= 15 is 0 Å². The molecule has 0 aliphatic carbocycles. The van der Waals surface area contributed by atoms with E-state index < -0.39 is 0 Å². The van der Waals surface area contributed by atoms with Crippen molar-refractivity contribution in [2.75, 3.05) is 26.2 Å². The molecular formula is C26H32N2O2. The lowest BCUT2D eigenvalue weighted by Gasteiger charge is -2.14. The largest absolute Gasteiger partial charge is 0.462 e. The molecule has 2 aromatic rings. The first-order valence-electron chi connectivity index (χ1n) is 10.8. The van der Waals surface area contributed by atoms with Gasteiger partial charge in [-0.3, -0.25) is 4.90 Å². The maximum absolute atomic E-state index is 11.9. The highest BCUT2D eigenvalue weighted by Crippen LogP contribution is 2.23. The Labute approximate surface area is 180 Å². The van der Waals surface area contributed by atoms with E-state index in [1.165, 1.54) is 24.5 Å². The molecule has 0 N–H and O–H groups in total. The van der Waals surface area contributed by atoms with Crippen molar-refractivity contribution in [1.29, 1.82) is 0 Å². The number of aromatic nitrogens is 1. The number of hydrogen-bond donors (Lipinski definition) is 0. The van der Waals surface area contributed by atoms with Crippen LogP contribution in [0.25, 0.3) is 11.6 Å². The lowest BCUT2D eigenvalue weighted by atomic mass is 10.00. The summed E-state index contributed by atoms with van der Waals surface area (Å²) in [6.07, 6.45) is 8.01. The predicted molar refractivity (Wildman–Crippen MR) is 123 cm³/mol. The standard InChI is InChI=1S/C26H32N2O2/c1-20(2)19-30-26(29)14-13-23-7-6-8-25(27-23)24(15-18-28-16-4-5-17-28)22-11-9-21(3)10-12-22/h6-15,20H,4-5,16-19H2,1-3H3/b14-13+,24-15-. The zero-order valence-electron chi connectivity index (χ0n) is 18.3. The zero-order chi connectivity index (χ0) is 21.3. The van der Waals surface area contributed by atoms with E-state index in [4.69, 9.17) is 9.72 Å². The van der Waals surface area contributed by atoms with Gasteiger partial charge >= 0.3 is 5.97 Å². The van der Waals surface area contributed by atoms with Crippen molar-refractivity contribution in [2.45, 2.75) is 33.6 Å². The van der Waals surface area contributed by atoms with Gasteiger partial charge in [-0.1, -0.05) is 55.8 Å². The Balaban J connectivity index is 1.82.